The van der Waals surface area contributed by atoms with Gasteiger partial charge in [0.1, 0.15) is 5.60 Å². The summed E-state index contributed by atoms with van der Waals surface area (Å²) in [6, 6.07) is 0. The highest BCUT2D eigenvalue weighted by Gasteiger charge is 2.15. The van der Waals surface area contributed by atoms with Crippen LogP contribution in [0.15, 0.2) is 6.20 Å². The number of hydrogen-bond acceptors (Lipinski definition) is 4. The maximum atomic E-state index is 11.5. The van der Waals surface area contributed by atoms with Gasteiger partial charge in [0.05, 0.1) is 5.69 Å². The first-order chi connectivity index (χ1) is 9.81. The van der Waals surface area contributed by atoms with Crippen molar-refractivity contribution in [2.45, 2.75) is 65.5 Å². The summed E-state index contributed by atoms with van der Waals surface area (Å²) in [5.41, 5.74) is 6.29. The van der Waals surface area contributed by atoms with Gasteiger partial charge in [0.2, 0.25) is 0 Å². The molecule has 0 aliphatic rings. The summed E-state index contributed by atoms with van der Waals surface area (Å²) in [5.74, 6) is 0.540. The number of rotatable bonds is 7. The Kier molecular flexibility index (Phi) is 6.52. The highest BCUT2D eigenvalue weighted by atomic mass is 16.6. The highest BCUT2D eigenvalue weighted by molar-refractivity contribution is 5.67. The molecule has 1 heterocycles. The normalized spacial score (nSPS) is 11.4. The minimum absolute atomic E-state index is 0.405. The van der Waals surface area contributed by atoms with Crippen molar-refractivity contribution in [2.24, 2.45) is 0 Å². The first kappa shape index (κ1) is 17.3. The fraction of sp³-hybridized carbons (Fsp3) is 0.733. The molecule has 6 nitrogen and oxygen atoms in total. The summed E-state index contributed by atoms with van der Waals surface area (Å²) < 4.78 is 7.14. The fourth-order valence-electron chi connectivity index (χ4n) is 1.92. The average Bonchev–Trinajstić information content (AvgIpc) is 2.68. The van der Waals surface area contributed by atoms with Crippen LogP contribution in [0.5, 0.6) is 0 Å². The Morgan fingerprint density at radius 3 is 2.76 bits per heavy atom. The zero-order valence-corrected chi connectivity index (χ0v) is 13.6. The number of alkyl carbamates (subject to hydrolysis) is 1. The second-order valence-electron chi connectivity index (χ2n) is 6.17. The Bertz CT molecular complexity index is 449. The SMILES string of the molecule is CCCCCn1cc(CCNC(=O)OC(C)(C)C)nc1N. The zero-order valence-electron chi connectivity index (χ0n) is 13.6. The quantitative estimate of drug-likeness (QED) is 0.758. The van der Waals surface area contributed by atoms with Gasteiger partial charge in [-0.05, 0) is 27.2 Å². The van der Waals surface area contributed by atoms with E-state index >= 15 is 0 Å². The van der Waals surface area contributed by atoms with E-state index in [-0.39, 0.29) is 0 Å². The molecule has 1 amide bonds. The van der Waals surface area contributed by atoms with Crippen molar-refractivity contribution < 1.29 is 9.53 Å². The van der Waals surface area contributed by atoms with Gasteiger partial charge in [0.15, 0.2) is 5.95 Å². The van der Waals surface area contributed by atoms with Crippen molar-refractivity contribution in [1.82, 2.24) is 14.9 Å². The van der Waals surface area contributed by atoms with Crippen LogP contribution in [0.1, 0.15) is 52.7 Å². The van der Waals surface area contributed by atoms with E-state index in [1.807, 2.05) is 31.5 Å². The highest BCUT2D eigenvalue weighted by Crippen LogP contribution is 2.09. The molecule has 0 radical (unpaired) electrons. The van der Waals surface area contributed by atoms with Gasteiger partial charge in [-0.1, -0.05) is 19.8 Å². The molecule has 0 aliphatic heterocycles. The standard InChI is InChI=1S/C15H28N4O2/c1-5-6-7-10-19-11-12(18-13(19)16)8-9-17-14(20)21-15(2,3)4/h11H,5-10H2,1-4H3,(H2,16,18)(H,17,20). The lowest BCUT2D eigenvalue weighted by atomic mass is 10.2. The Hall–Kier alpha value is -1.72. The topological polar surface area (TPSA) is 82.2 Å². The van der Waals surface area contributed by atoms with Gasteiger partial charge in [-0.25, -0.2) is 9.78 Å². The van der Waals surface area contributed by atoms with Gasteiger partial charge in [-0.2, -0.15) is 0 Å². The molecule has 0 unspecified atom stereocenters. The molecule has 0 bridgehead atoms. The molecule has 3 N–H and O–H groups in total. The lowest BCUT2D eigenvalue weighted by Gasteiger charge is -2.19. The molecule has 21 heavy (non-hydrogen) atoms. The Balaban J connectivity index is 2.35. The number of carbonyl (C=O) groups is 1. The van der Waals surface area contributed by atoms with E-state index < -0.39 is 11.7 Å². The van der Waals surface area contributed by atoms with Gasteiger partial charge in [-0.15, -0.1) is 0 Å². The lowest BCUT2D eigenvalue weighted by Crippen LogP contribution is -2.33. The second-order valence-corrected chi connectivity index (χ2v) is 6.17. The van der Waals surface area contributed by atoms with E-state index in [9.17, 15) is 4.79 Å². The molecule has 120 valence electrons. The molecule has 0 aromatic carbocycles. The van der Waals surface area contributed by atoms with Gasteiger partial charge in [-0.3, -0.25) is 0 Å². The average molecular weight is 296 g/mol. The Morgan fingerprint density at radius 2 is 2.14 bits per heavy atom. The van der Waals surface area contributed by atoms with Gasteiger partial charge >= 0.3 is 6.09 Å². The van der Waals surface area contributed by atoms with Crippen LogP contribution < -0.4 is 11.1 Å². The van der Waals surface area contributed by atoms with E-state index in [1.165, 1.54) is 12.8 Å². The summed E-state index contributed by atoms with van der Waals surface area (Å²) in [4.78, 5) is 15.8. The molecule has 0 saturated heterocycles. The van der Waals surface area contributed by atoms with Crippen LogP contribution in [0.4, 0.5) is 10.7 Å². The molecular formula is C15H28N4O2. The number of nitrogens with zero attached hydrogens (tertiary/aromatic N) is 2. The van der Waals surface area contributed by atoms with Crippen LogP contribution in [0.2, 0.25) is 0 Å². The van der Waals surface area contributed by atoms with Crippen molar-refractivity contribution in [3.05, 3.63) is 11.9 Å². The molecule has 0 fully saturated rings. The third kappa shape index (κ3) is 7.02. The van der Waals surface area contributed by atoms with Crippen molar-refractivity contribution in [1.29, 1.82) is 0 Å². The largest absolute Gasteiger partial charge is 0.444 e. The summed E-state index contributed by atoms with van der Waals surface area (Å²) >= 11 is 0. The summed E-state index contributed by atoms with van der Waals surface area (Å²) in [7, 11) is 0. The Morgan fingerprint density at radius 1 is 1.43 bits per heavy atom. The van der Waals surface area contributed by atoms with Crippen molar-refractivity contribution in [2.75, 3.05) is 12.3 Å². The maximum absolute atomic E-state index is 11.5. The second kappa shape index (κ2) is 7.90. The summed E-state index contributed by atoms with van der Waals surface area (Å²) in [6.45, 7) is 9.07. The van der Waals surface area contributed by atoms with Crippen LogP contribution >= 0.6 is 0 Å². The predicted molar refractivity (Wildman–Crippen MR) is 84.1 cm³/mol. The molecule has 0 atom stereocenters. The minimum atomic E-state index is -0.477. The van der Waals surface area contributed by atoms with Crippen LogP contribution in [-0.4, -0.2) is 27.8 Å². The van der Waals surface area contributed by atoms with Crippen molar-refractivity contribution >= 4 is 12.0 Å². The number of nitrogens with two attached hydrogens (primary N) is 1. The number of nitrogen functional groups attached to an aromatic ring is 1. The van der Waals surface area contributed by atoms with Crippen LogP contribution in [-0.2, 0) is 17.7 Å². The Labute approximate surface area is 127 Å². The number of aromatic nitrogens is 2. The number of unbranched alkanes of at least 4 members (excludes halogenated alkanes) is 2. The first-order valence-corrected chi connectivity index (χ1v) is 7.60. The molecule has 1 rings (SSSR count). The number of ether oxygens (including phenoxy) is 1. The van der Waals surface area contributed by atoms with E-state index in [2.05, 4.69) is 17.2 Å². The molecule has 0 aliphatic carbocycles. The summed E-state index contributed by atoms with van der Waals surface area (Å²) in [5, 5.41) is 2.72. The number of nitrogens with one attached hydrogen (secondary N) is 1. The van der Waals surface area contributed by atoms with Gasteiger partial charge < -0.3 is 20.4 Å². The van der Waals surface area contributed by atoms with Crippen LogP contribution in [0.25, 0.3) is 0 Å². The monoisotopic (exact) mass is 296 g/mol. The van der Waals surface area contributed by atoms with Crippen LogP contribution in [0.3, 0.4) is 0 Å². The van der Waals surface area contributed by atoms with Gasteiger partial charge in [0, 0.05) is 25.7 Å². The van der Waals surface area contributed by atoms with E-state index in [0.717, 1.165) is 18.7 Å². The predicted octanol–water partition coefficient (Wildman–Crippen LogP) is 2.72. The maximum Gasteiger partial charge on any atom is 0.407 e. The van der Waals surface area contributed by atoms with E-state index in [1.54, 1.807) is 0 Å². The number of anilines is 1. The molecular weight excluding hydrogens is 268 g/mol. The minimum Gasteiger partial charge on any atom is -0.444 e. The first-order valence-electron chi connectivity index (χ1n) is 7.60. The number of aryl methyl sites for hydroxylation is 1. The third-order valence-electron chi connectivity index (χ3n) is 2.91. The van der Waals surface area contributed by atoms with E-state index in [0.29, 0.717) is 18.9 Å². The fourth-order valence-corrected chi connectivity index (χ4v) is 1.92. The molecule has 1 aromatic rings. The third-order valence-corrected chi connectivity index (χ3v) is 2.91. The number of imidazole rings is 1. The van der Waals surface area contributed by atoms with Crippen molar-refractivity contribution in [3.63, 3.8) is 0 Å². The van der Waals surface area contributed by atoms with Crippen LogP contribution in [0, 0.1) is 0 Å². The molecule has 6 heteroatoms. The molecule has 0 spiro atoms. The smallest absolute Gasteiger partial charge is 0.407 e. The molecule has 0 saturated carbocycles. The number of amides is 1. The van der Waals surface area contributed by atoms with E-state index in [4.69, 9.17) is 10.5 Å². The summed E-state index contributed by atoms with van der Waals surface area (Å²) in [6.07, 6.45) is 5.67. The molecule has 1 aromatic heterocycles. The number of hydrogen-bond donors (Lipinski definition) is 2. The van der Waals surface area contributed by atoms with Gasteiger partial charge in [0.25, 0.3) is 0 Å². The van der Waals surface area contributed by atoms with Crippen molar-refractivity contribution in [3.8, 4) is 0 Å². The number of carbonyl (C=O) groups excluding carboxylic acids is 1. The lowest BCUT2D eigenvalue weighted by molar-refractivity contribution is 0.0528. The zero-order chi connectivity index (χ0) is 15.9.